The number of carbonyl (C=O) groups is 1. The normalized spacial score (nSPS) is 19.2. The molecule has 1 saturated carbocycles. The van der Waals surface area contributed by atoms with Gasteiger partial charge in [-0.15, -0.1) is 0 Å². The molecule has 0 bridgehead atoms. The summed E-state index contributed by atoms with van der Waals surface area (Å²) >= 11 is 0. The molecule has 3 rings (SSSR count). The highest BCUT2D eigenvalue weighted by Gasteiger charge is 2.22. The maximum Gasteiger partial charge on any atom is 0.343 e. The van der Waals surface area contributed by atoms with Crippen LogP contribution in [0.4, 0.5) is 0 Å². The molecule has 2 aromatic rings. The summed E-state index contributed by atoms with van der Waals surface area (Å²) in [5.41, 5.74) is 1.94. The summed E-state index contributed by atoms with van der Waals surface area (Å²) < 4.78 is 11.0. The predicted molar refractivity (Wildman–Crippen MR) is 113 cm³/mol. The zero-order valence-corrected chi connectivity index (χ0v) is 17.2. The SMILES string of the molecule is CCCOc1ccc(OC(=O)c2ccc(C3CCC(CCC)CC3)cc2)cc1. The van der Waals surface area contributed by atoms with Gasteiger partial charge in [-0.1, -0.05) is 38.8 Å². The average molecular weight is 381 g/mol. The zero-order valence-electron chi connectivity index (χ0n) is 17.2. The lowest BCUT2D eigenvalue weighted by atomic mass is 9.77. The molecular weight excluding hydrogens is 348 g/mol. The van der Waals surface area contributed by atoms with Gasteiger partial charge in [-0.2, -0.15) is 0 Å². The molecule has 0 unspecified atom stereocenters. The lowest BCUT2D eigenvalue weighted by molar-refractivity contribution is 0.0734. The Labute approximate surface area is 169 Å². The number of benzene rings is 2. The number of esters is 1. The Morgan fingerprint density at radius 3 is 2.11 bits per heavy atom. The molecule has 1 aliphatic carbocycles. The number of carbonyl (C=O) groups excluding carboxylic acids is 1. The Hall–Kier alpha value is -2.29. The van der Waals surface area contributed by atoms with E-state index in [4.69, 9.17) is 9.47 Å². The molecule has 0 aromatic heterocycles. The third-order valence-corrected chi connectivity index (χ3v) is 5.67. The highest BCUT2D eigenvalue weighted by molar-refractivity contribution is 5.91. The first-order chi connectivity index (χ1) is 13.7. The van der Waals surface area contributed by atoms with E-state index in [-0.39, 0.29) is 5.97 Å². The van der Waals surface area contributed by atoms with Gasteiger partial charge in [0.1, 0.15) is 11.5 Å². The Morgan fingerprint density at radius 1 is 0.857 bits per heavy atom. The molecule has 3 heteroatoms. The van der Waals surface area contributed by atoms with Crippen LogP contribution in [0.5, 0.6) is 11.5 Å². The highest BCUT2D eigenvalue weighted by atomic mass is 16.5. The van der Waals surface area contributed by atoms with Crippen LogP contribution in [0.3, 0.4) is 0 Å². The minimum Gasteiger partial charge on any atom is -0.494 e. The van der Waals surface area contributed by atoms with E-state index < -0.39 is 0 Å². The van der Waals surface area contributed by atoms with Gasteiger partial charge in [-0.05, 0) is 85.9 Å². The van der Waals surface area contributed by atoms with Crippen LogP contribution in [-0.2, 0) is 0 Å². The van der Waals surface area contributed by atoms with E-state index in [9.17, 15) is 4.79 Å². The van der Waals surface area contributed by atoms with Gasteiger partial charge in [-0.25, -0.2) is 4.79 Å². The Morgan fingerprint density at radius 2 is 1.50 bits per heavy atom. The quantitative estimate of drug-likeness (QED) is 0.374. The van der Waals surface area contributed by atoms with Gasteiger partial charge in [0.15, 0.2) is 0 Å². The summed E-state index contributed by atoms with van der Waals surface area (Å²) in [6, 6.07) is 15.2. The van der Waals surface area contributed by atoms with E-state index >= 15 is 0 Å². The van der Waals surface area contributed by atoms with E-state index in [1.54, 1.807) is 12.1 Å². The van der Waals surface area contributed by atoms with E-state index in [0.29, 0.717) is 23.8 Å². The molecule has 0 atom stereocenters. The van der Waals surface area contributed by atoms with Crippen molar-refractivity contribution in [1.29, 1.82) is 0 Å². The Bertz CT molecular complexity index is 725. The summed E-state index contributed by atoms with van der Waals surface area (Å²) in [7, 11) is 0. The monoisotopic (exact) mass is 380 g/mol. The molecule has 0 radical (unpaired) electrons. The maximum absolute atomic E-state index is 12.4. The van der Waals surface area contributed by atoms with Crippen molar-refractivity contribution in [3.05, 3.63) is 59.7 Å². The summed E-state index contributed by atoms with van der Waals surface area (Å²) in [4.78, 5) is 12.4. The summed E-state index contributed by atoms with van der Waals surface area (Å²) in [6.45, 7) is 5.03. The number of ether oxygens (including phenoxy) is 2. The van der Waals surface area contributed by atoms with Crippen molar-refractivity contribution in [1.82, 2.24) is 0 Å². The van der Waals surface area contributed by atoms with Crippen LogP contribution >= 0.6 is 0 Å². The molecule has 0 saturated heterocycles. The fourth-order valence-corrected chi connectivity index (χ4v) is 4.07. The minimum atomic E-state index is -0.319. The Balaban J connectivity index is 1.54. The molecule has 0 aliphatic heterocycles. The predicted octanol–water partition coefficient (Wildman–Crippen LogP) is 6.77. The summed E-state index contributed by atoms with van der Waals surface area (Å²) in [6.07, 6.45) is 8.82. The molecule has 0 amide bonds. The molecule has 1 aliphatic rings. The smallest absolute Gasteiger partial charge is 0.343 e. The van der Waals surface area contributed by atoms with Crippen LogP contribution < -0.4 is 9.47 Å². The fourth-order valence-electron chi connectivity index (χ4n) is 4.07. The standard InChI is InChI=1S/C25H32O3/c1-3-5-19-6-8-20(9-7-19)21-10-12-22(13-11-21)25(26)28-24-16-14-23(15-17-24)27-18-4-2/h10-17,19-20H,3-9,18H2,1-2H3. The van der Waals surface area contributed by atoms with Crippen LogP contribution in [-0.4, -0.2) is 12.6 Å². The summed E-state index contributed by atoms with van der Waals surface area (Å²) in [5.74, 6) is 2.55. The number of hydrogen-bond donors (Lipinski definition) is 0. The zero-order chi connectivity index (χ0) is 19.8. The van der Waals surface area contributed by atoms with Gasteiger partial charge in [0, 0.05) is 0 Å². The van der Waals surface area contributed by atoms with E-state index in [0.717, 1.165) is 18.1 Å². The van der Waals surface area contributed by atoms with Gasteiger partial charge in [0.2, 0.25) is 0 Å². The fraction of sp³-hybridized carbons (Fsp3) is 0.480. The molecule has 150 valence electrons. The largest absolute Gasteiger partial charge is 0.494 e. The molecule has 2 aromatic carbocycles. The average Bonchev–Trinajstić information content (AvgIpc) is 2.74. The molecule has 1 fully saturated rings. The van der Waals surface area contributed by atoms with Crippen LogP contribution in [0.15, 0.2) is 48.5 Å². The molecule has 0 heterocycles. The lowest BCUT2D eigenvalue weighted by Gasteiger charge is -2.28. The first kappa shape index (κ1) is 20.4. The number of rotatable bonds is 8. The van der Waals surface area contributed by atoms with Crippen LogP contribution in [0.25, 0.3) is 0 Å². The molecular formula is C25H32O3. The summed E-state index contributed by atoms with van der Waals surface area (Å²) in [5, 5.41) is 0. The second-order valence-electron chi connectivity index (χ2n) is 7.84. The van der Waals surface area contributed by atoms with Crippen LogP contribution in [0.1, 0.15) is 80.6 Å². The Kier molecular flexibility index (Phi) is 7.53. The van der Waals surface area contributed by atoms with Crippen molar-refractivity contribution >= 4 is 5.97 Å². The first-order valence-electron chi connectivity index (χ1n) is 10.7. The highest BCUT2D eigenvalue weighted by Crippen LogP contribution is 2.37. The van der Waals surface area contributed by atoms with Gasteiger partial charge in [0.05, 0.1) is 12.2 Å². The van der Waals surface area contributed by atoms with E-state index in [2.05, 4.69) is 26.0 Å². The van der Waals surface area contributed by atoms with Gasteiger partial charge in [-0.3, -0.25) is 0 Å². The third kappa shape index (κ3) is 5.60. The van der Waals surface area contributed by atoms with Gasteiger partial charge >= 0.3 is 5.97 Å². The van der Waals surface area contributed by atoms with Crippen molar-refractivity contribution < 1.29 is 14.3 Å². The van der Waals surface area contributed by atoms with Crippen molar-refractivity contribution in [2.75, 3.05) is 6.61 Å². The van der Waals surface area contributed by atoms with Crippen molar-refractivity contribution in [3.8, 4) is 11.5 Å². The maximum atomic E-state index is 12.4. The minimum absolute atomic E-state index is 0.319. The van der Waals surface area contributed by atoms with Gasteiger partial charge in [0.25, 0.3) is 0 Å². The van der Waals surface area contributed by atoms with E-state index in [1.165, 1.54) is 44.1 Å². The lowest BCUT2D eigenvalue weighted by Crippen LogP contribution is -2.13. The molecule has 0 N–H and O–H groups in total. The van der Waals surface area contributed by atoms with Crippen molar-refractivity contribution in [3.63, 3.8) is 0 Å². The topological polar surface area (TPSA) is 35.5 Å². The second-order valence-corrected chi connectivity index (χ2v) is 7.84. The second kappa shape index (κ2) is 10.3. The van der Waals surface area contributed by atoms with Crippen molar-refractivity contribution in [2.24, 2.45) is 5.92 Å². The third-order valence-electron chi connectivity index (χ3n) is 5.67. The molecule has 0 spiro atoms. The van der Waals surface area contributed by atoms with E-state index in [1.807, 2.05) is 24.3 Å². The molecule has 28 heavy (non-hydrogen) atoms. The van der Waals surface area contributed by atoms with Gasteiger partial charge < -0.3 is 9.47 Å². The van der Waals surface area contributed by atoms with Crippen LogP contribution in [0.2, 0.25) is 0 Å². The van der Waals surface area contributed by atoms with Crippen LogP contribution in [0, 0.1) is 5.92 Å². The van der Waals surface area contributed by atoms with Crippen molar-refractivity contribution in [2.45, 2.75) is 64.7 Å². The first-order valence-corrected chi connectivity index (χ1v) is 10.7. The number of hydrogen-bond acceptors (Lipinski definition) is 3. The molecule has 3 nitrogen and oxygen atoms in total.